The monoisotopic (exact) mass is 569 g/mol. The molecule has 0 saturated carbocycles. The molecule has 1 aliphatic heterocycles. The van der Waals surface area contributed by atoms with E-state index < -0.39 is 33.2 Å². The van der Waals surface area contributed by atoms with Crippen LogP contribution in [-0.4, -0.2) is 45.5 Å². The summed E-state index contributed by atoms with van der Waals surface area (Å²) < 4.78 is 93.9. The predicted octanol–water partition coefficient (Wildman–Crippen LogP) is 5.82. The van der Waals surface area contributed by atoms with Crippen molar-refractivity contribution in [2.45, 2.75) is 36.9 Å². The molecule has 39 heavy (non-hydrogen) atoms. The third-order valence-corrected chi connectivity index (χ3v) is 8.80. The zero-order chi connectivity index (χ0) is 28.3. The molecule has 4 rings (SSSR count). The van der Waals surface area contributed by atoms with Gasteiger partial charge in [0.15, 0.2) is 0 Å². The number of piperazine rings is 1. The lowest BCUT2D eigenvalue weighted by molar-refractivity contribution is -0.143. The highest BCUT2D eigenvalue weighted by Gasteiger charge is 2.36. The topological polar surface area (TPSA) is 35.6 Å². The Balaban J connectivity index is 1.33. The van der Waals surface area contributed by atoms with E-state index in [0.717, 1.165) is 25.2 Å². The lowest BCUT2D eigenvalue weighted by Crippen LogP contribution is -2.48. The Morgan fingerprint density at radius 1 is 0.718 bits per heavy atom. The third kappa shape index (κ3) is 7.63. The molecule has 0 bridgehead atoms. The van der Waals surface area contributed by atoms with Crippen molar-refractivity contribution in [3.05, 3.63) is 101 Å². The van der Waals surface area contributed by atoms with E-state index in [1.54, 1.807) is 24.3 Å². The molecule has 0 spiro atoms. The van der Waals surface area contributed by atoms with Crippen LogP contribution >= 0.6 is 0 Å². The van der Waals surface area contributed by atoms with Gasteiger partial charge in [-0.05, 0) is 52.9 Å². The quantitative estimate of drug-likeness (QED) is 0.274. The Hall–Kier alpha value is -2.86. The maximum absolute atomic E-state index is 13.5. The fraction of sp³-hybridized carbons (Fsp3) is 0.321. The van der Waals surface area contributed by atoms with Crippen LogP contribution in [0.2, 0.25) is 0 Å². The minimum atomic E-state index is -4.89. The predicted molar refractivity (Wildman–Crippen MR) is 140 cm³/mol. The summed E-state index contributed by atoms with van der Waals surface area (Å²) in [4.78, 5) is 2.87. The van der Waals surface area contributed by atoms with Gasteiger partial charge in [-0.1, -0.05) is 42.5 Å². The lowest BCUT2D eigenvalue weighted by atomic mass is 10.0. The number of halogens is 6. The van der Waals surface area contributed by atoms with Gasteiger partial charge in [0.25, 0.3) is 0 Å². The molecule has 4 nitrogen and oxygen atoms in total. The van der Waals surface area contributed by atoms with Crippen LogP contribution in [-0.2, 0) is 41.7 Å². The van der Waals surface area contributed by atoms with Crippen molar-refractivity contribution in [3.63, 3.8) is 0 Å². The van der Waals surface area contributed by atoms with Gasteiger partial charge in [-0.15, -0.1) is 0 Å². The van der Waals surface area contributed by atoms with E-state index >= 15 is 0 Å². The molecule has 1 atom stereocenters. The Kier molecular flexibility index (Phi) is 8.75. The lowest BCUT2D eigenvalue weighted by Gasteiger charge is -2.36. The van der Waals surface area contributed by atoms with Crippen LogP contribution < -0.4 is 5.32 Å². The van der Waals surface area contributed by atoms with E-state index in [1.165, 1.54) is 5.56 Å². The van der Waals surface area contributed by atoms with Crippen molar-refractivity contribution in [2.75, 3.05) is 26.2 Å². The summed E-state index contributed by atoms with van der Waals surface area (Å²) in [7, 11) is -2.70. The van der Waals surface area contributed by atoms with Crippen LogP contribution in [0.1, 0.15) is 27.8 Å². The highest BCUT2D eigenvalue weighted by Crippen LogP contribution is 2.36. The van der Waals surface area contributed by atoms with Gasteiger partial charge in [0.2, 0.25) is 0 Å². The first-order chi connectivity index (χ1) is 18.3. The zero-order valence-electron chi connectivity index (χ0n) is 21.1. The van der Waals surface area contributed by atoms with Gasteiger partial charge in [-0.2, -0.15) is 26.3 Å². The normalized spacial score (nSPS) is 17.2. The van der Waals surface area contributed by atoms with E-state index in [4.69, 9.17) is 0 Å². The van der Waals surface area contributed by atoms with Crippen molar-refractivity contribution >= 4 is 15.6 Å². The second-order valence-corrected chi connectivity index (χ2v) is 11.8. The van der Waals surface area contributed by atoms with Gasteiger partial charge >= 0.3 is 12.4 Å². The summed E-state index contributed by atoms with van der Waals surface area (Å²) >= 11 is 0. The van der Waals surface area contributed by atoms with Crippen molar-refractivity contribution < 1.29 is 30.6 Å². The van der Waals surface area contributed by atoms with Crippen molar-refractivity contribution in [1.29, 1.82) is 0 Å². The second-order valence-electron chi connectivity index (χ2n) is 9.49. The Morgan fingerprint density at radius 2 is 1.26 bits per heavy atom. The van der Waals surface area contributed by atoms with Gasteiger partial charge in [0.1, 0.15) is 0 Å². The molecule has 1 saturated heterocycles. The van der Waals surface area contributed by atoms with Crippen molar-refractivity contribution in [3.8, 4) is 0 Å². The average molecular weight is 570 g/mol. The number of nitrogens with one attached hydrogen (secondary N) is 1. The largest absolute Gasteiger partial charge is 0.416 e. The number of rotatable bonds is 8. The zero-order valence-corrected chi connectivity index (χ0v) is 21.9. The van der Waals surface area contributed by atoms with Gasteiger partial charge in [0.05, 0.1) is 20.8 Å². The summed E-state index contributed by atoms with van der Waals surface area (Å²) in [6.07, 6.45) is -9.77. The molecular formula is C28H29F6N3OS. The number of benzene rings is 3. The Morgan fingerprint density at radius 3 is 1.79 bits per heavy atom. The summed E-state index contributed by atoms with van der Waals surface area (Å²) in [5.41, 5.74) is -0.848. The molecule has 3 aromatic rings. The summed E-state index contributed by atoms with van der Waals surface area (Å²) in [6, 6.07) is 18.5. The standard InChI is InChI=1S/C28H29F6N3OS/c1-39(38,37-13-11-36(12-14-37)20-22-5-3-2-4-6-22)26-9-7-21(8-10-26)18-35-19-23-15-24(27(29,30)31)17-25(16-23)28(32,33)34/h2-10,15-17,35H,1,11-14,18-20H2. The molecule has 0 aromatic heterocycles. The van der Waals surface area contributed by atoms with Crippen LogP contribution in [0.5, 0.6) is 0 Å². The minimum absolute atomic E-state index is 0.113. The first-order valence-corrected chi connectivity index (χ1v) is 14.0. The number of alkyl halides is 6. The van der Waals surface area contributed by atoms with E-state index in [1.807, 2.05) is 22.5 Å². The van der Waals surface area contributed by atoms with E-state index in [0.29, 0.717) is 30.1 Å². The molecule has 1 N–H and O–H groups in total. The number of hydrogen-bond acceptors (Lipinski definition) is 3. The van der Waals surface area contributed by atoms with Crippen LogP contribution in [0, 0.1) is 0 Å². The molecule has 1 fully saturated rings. The molecule has 210 valence electrons. The molecule has 1 heterocycles. The van der Waals surface area contributed by atoms with Crippen LogP contribution in [0.25, 0.3) is 0 Å². The first kappa shape index (κ1) is 29.1. The van der Waals surface area contributed by atoms with Gasteiger partial charge in [0, 0.05) is 50.7 Å². The highest BCUT2D eigenvalue weighted by atomic mass is 32.2. The fourth-order valence-electron chi connectivity index (χ4n) is 4.47. The molecule has 11 heteroatoms. The summed E-state index contributed by atoms with van der Waals surface area (Å²) in [6.45, 7) is 3.57. The molecule has 1 aliphatic rings. The molecular weight excluding hydrogens is 540 g/mol. The number of nitrogens with zero attached hydrogens (tertiary/aromatic N) is 2. The van der Waals surface area contributed by atoms with Crippen molar-refractivity contribution in [1.82, 2.24) is 14.5 Å². The van der Waals surface area contributed by atoms with E-state index in [2.05, 4.69) is 28.2 Å². The summed E-state index contributed by atoms with van der Waals surface area (Å²) in [5.74, 6) is 4.00. The second kappa shape index (κ2) is 11.7. The van der Waals surface area contributed by atoms with Crippen LogP contribution in [0.3, 0.4) is 0 Å². The molecule has 0 aliphatic carbocycles. The van der Waals surface area contributed by atoms with Crippen molar-refractivity contribution in [2.24, 2.45) is 0 Å². The van der Waals surface area contributed by atoms with Gasteiger partial charge < -0.3 is 5.32 Å². The maximum atomic E-state index is 13.5. The summed E-state index contributed by atoms with van der Waals surface area (Å²) in [5, 5.41) is 2.88. The van der Waals surface area contributed by atoms with Gasteiger partial charge in [-0.3, -0.25) is 4.90 Å². The molecule has 0 radical (unpaired) electrons. The number of hydrogen-bond donors (Lipinski definition) is 1. The highest BCUT2D eigenvalue weighted by molar-refractivity contribution is 7.98. The smallest absolute Gasteiger partial charge is 0.309 e. The van der Waals surface area contributed by atoms with E-state index in [-0.39, 0.29) is 24.7 Å². The Labute approximate surface area is 224 Å². The van der Waals surface area contributed by atoms with Crippen LogP contribution in [0.15, 0.2) is 77.7 Å². The molecule has 1 unspecified atom stereocenters. The maximum Gasteiger partial charge on any atom is 0.416 e. The minimum Gasteiger partial charge on any atom is -0.309 e. The van der Waals surface area contributed by atoms with Crippen LogP contribution in [0.4, 0.5) is 26.3 Å². The van der Waals surface area contributed by atoms with Gasteiger partial charge in [-0.25, -0.2) is 8.51 Å². The first-order valence-electron chi connectivity index (χ1n) is 12.3. The fourth-order valence-corrected chi connectivity index (χ4v) is 6.08. The van der Waals surface area contributed by atoms with E-state index in [9.17, 15) is 30.6 Å². The molecule has 3 aromatic carbocycles. The Bertz CT molecular complexity index is 1320. The molecule has 0 amide bonds. The average Bonchev–Trinajstić information content (AvgIpc) is 2.89. The third-order valence-electron chi connectivity index (χ3n) is 6.59. The SMILES string of the molecule is C=S(=O)(c1ccc(CNCc2cc(C(F)(F)F)cc(C(F)(F)F)c2)cc1)N1CCN(Cc2ccccc2)CC1.